The van der Waals surface area contributed by atoms with Gasteiger partial charge in [-0.2, -0.15) is 16.8 Å². The van der Waals surface area contributed by atoms with Gasteiger partial charge in [0.2, 0.25) is 0 Å². The Morgan fingerprint density at radius 2 is 1.10 bits per heavy atom. The molecule has 13 heteroatoms. The molecule has 0 saturated carbocycles. The number of carbonyl (C=O) groups is 2. The Hall–Kier alpha value is -3.62. The van der Waals surface area contributed by atoms with Gasteiger partial charge in [-0.3, -0.25) is 9.11 Å². The number of ether oxygens (including phenoxy) is 1. The van der Waals surface area contributed by atoms with Crippen LogP contribution in [0.25, 0.3) is 0 Å². The highest BCUT2D eigenvalue weighted by molar-refractivity contribution is 7.86. The molecule has 0 fully saturated rings. The van der Waals surface area contributed by atoms with Gasteiger partial charge in [-0.15, -0.1) is 12.8 Å². The number of benzene rings is 2. The lowest BCUT2D eigenvalue weighted by atomic mass is 10.1. The van der Waals surface area contributed by atoms with Crippen LogP contribution in [0.3, 0.4) is 0 Å². The summed E-state index contributed by atoms with van der Waals surface area (Å²) in [4.78, 5) is 21.9. The van der Waals surface area contributed by atoms with Gasteiger partial charge in [0.15, 0.2) is 0 Å². The van der Waals surface area contributed by atoms with Crippen LogP contribution in [0.4, 0.5) is 8.78 Å². The molecular formula is C18H8F2O9S2. The molecule has 0 bridgehead atoms. The quantitative estimate of drug-likeness (QED) is 0.292. The lowest BCUT2D eigenvalue weighted by molar-refractivity contribution is 0.0391. The van der Waals surface area contributed by atoms with Crippen LogP contribution in [0, 0.1) is 36.3 Å². The van der Waals surface area contributed by atoms with Crippen LogP contribution in [0.2, 0.25) is 0 Å². The summed E-state index contributed by atoms with van der Waals surface area (Å²) in [6.07, 6.45) is 9.98. The molecule has 2 aromatic carbocycles. The van der Waals surface area contributed by atoms with Gasteiger partial charge in [0.05, 0.1) is 22.3 Å². The van der Waals surface area contributed by atoms with Crippen LogP contribution in [-0.4, -0.2) is 37.9 Å². The molecule has 0 radical (unpaired) electrons. The topological polar surface area (TPSA) is 152 Å². The molecule has 0 saturated heterocycles. The maximum absolute atomic E-state index is 13.8. The largest absolute Gasteiger partial charge is 0.386 e. The normalized spacial score (nSPS) is 11.3. The van der Waals surface area contributed by atoms with Crippen LogP contribution < -0.4 is 0 Å². The van der Waals surface area contributed by atoms with Crippen molar-refractivity contribution in [1.29, 1.82) is 0 Å². The molecule has 0 atom stereocenters. The summed E-state index contributed by atoms with van der Waals surface area (Å²) in [5.74, 6) is -2.98. The van der Waals surface area contributed by atoms with E-state index in [1.165, 1.54) is 0 Å². The third kappa shape index (κ3) is 4.60. The molecule has 31 heavy (non-hydrogen) atoms. The molecule has 0 heterocycles. The van der Waals surface area contributed by atoms with E-state index in [2.05, 4.69) is 4.74 Å². The van der Waals surface area contributed by atoms with Crippen LogP contribution >= 0.6 is 0 Å². The van der Waals surface area contributed by atoms with Crippen molar-refractivity contribution >= 4 is 32.2 Å². The molecule has 160 valence electrons. The fourth-order valence-electron chi connectivity index (χ4n) is 2.44. The van der Waals surface area contributed by atoms with Crippen molar-refractivity contribution in [2.45, 2.75) is 9.79 Å². The van der Waals surface area contributed by atoms with Crippen molar-refractivity contribution in [1.82, 2.24) is 0 Å². The second-order valence-electron chi connectivity index (χ2n) is 5.51. The molecule has 2 aromatic rings. The Morgan fingerprint density at radius 3 is 1.35 bits per heavy atom. The molecule has 0 aliphatic rings. The summed E-state index contributed by atoms with van der Waals surface area (Å²) in [5, 5.41) is 0. The molecule has 0 aliphatic carbocycles. The predicted molar refractivity (Wildman–Crippen MR) is 98.0 cm³/mol. The monoisotopic (exact) mass is 470 g/mol. The lowest BCUT2D eigenvalue weighted by Crippen LogP contribution is -2.20. The number of halogens is 2. The van der Waals surface area contributed by atoms with E-state index in [0.29, 0.717) is 24.3 Å². The van der Waals surface area contributed by atoms with Crippen LogP contribution in [0.5, 0.6) is 0 Å². The third-order valence-electron chi connectivity index (χ3n) is 3.64. The number of carbonyl (C=O) groups excluding carboxylic acids is 2. The van der Waals surface area contributed by atoms with E-state index >= 15 is 0 Å². The maximum atomic E-state index is 13.8. The Balaban J connectivity index is 2.65. The molecule has 2 N–H and O–H groups in total. The van der Waals surface area contributed by atoms with Crippen molar-refractivity contribution in [3.63, 3.8) is 0 Å². The minimum Gasteiger partial charge on any atom is -0.386 e. The maximum Gasteiger partial charge on any atom is 0.347 e. The van der Waals surface area contributed by atoms with E-state index in [4.69, 9.17) is 12.8 Å². The van der Waals surface area contributed by atoms with Gasteiger partial charge in [-0.25, -0.2) is 18.4 Å². The zero-order chi connectivity index (χ0) is 23.7. The molecule has 0 unspecified atom stereocenters. The van der Waals surface area contributed by atoms with Crippen LogP contribution in [0.1, 0.15) is 31.8 Å². The third-order valence-corrected chi connectivity index (χ3v) is 5.52. The van der Waals surface area contributed by atoms with Crippen molar-refractivity contribution in [3.05, 3.63) is 58.2 Å². The zero-order valence-corrected chi connectivity index (χ0v) is 16.4. The lowest BCUT2D eigenvalue weighted by Gasteiger charge is -2.11. The Kier molecular flexibility index (Phi) is 6.30. The first kappa shape index (κ1) is 23.7. The summed E-state index contributed by atoms with van der Waals surface area (Å²) in [6, 6.07) is 2.14. The highest BCUT2D eigenvalue weighted by Crippen LogP contribution is 2.26. The van der Waals surface area contributed by atoms with E-state index in [-0.39, 0.29) is 0 Å². The smallest absolute Gasteiger partial charge is 0.347 e. The van der Waals surface area contributed by atoms with Gasteiger partial charge in [-0.1, -0.05) is 11.8 Å². The van der Waals surface area contributed by atoms with Crippen LogP contribution in [0.15, 0.2) is 34.1 Å². The average molecular weight is 470 g/mol. The zero-order valence-electron chi connectivity index (χ0n) is 14.8. The van der Waals surface area contributed by atoms with E-state index < -0.39 is 75.9 Å². The SMILES string of the molecule is C#Cc1c(F)ccc(C(=O)OC(=O)c2ccc(F)c(C#C)c2S(=O)(=O)O)c1S(=O)(=O)O. The van der Waals surface area contributed by atoms with Crippen LogP contribution in [-0.2, 0) is 25.0 Å². The molecule has 0 spiro atoms. The molecule has 0 aromatic heterocycles. The minimum atomic E-state index is -5.30. The molecule has 0 amide bonds. The Labute approximate surface area is 174 Å². The second-order valence-corrected chi connectivity index (χ2v) is 8.23. The summed E-state index contributed by atoms with van der Waals surface area (Å²) in [6.45, 7) is 0. The highest BCUT2D eigenvalue weighted by Gasteiger charge is 2.32. The van der Waals surface area contributed by atoms with Gasteiger partial charge in [0, 0.05) is 0 Å². The van der Waals surface area contributed by atoms with E-state index in [1.54, 1.807) is 11.8 Å². The number of esters is 2. The molecule has 2 rings (SSSR count). The first-order valence-corrected chi connectivity index (χ1v) is 10.4. The second kappa shape index (κ2) is 8.25. The highest BCUT2D eigenvalue weighted by atomic mass is 32.2. The van der Waals surface area contributed by atoms with Crippen molar-refractivity contribution in [2.75, 3.05) is 0 Å². The summed E-state index contributed by atoms with van der Waals surface area (Å²) in [5.41, 5.74) is -4.23. The van der Waals surface area contributed by atoms with Gasteiger partial charge in [0.1, 0.15) is 21.4 Å². The fourth-order valence-corrected chi connectivity index (χ4v) is 4.13. The van der Waals surface area contributed by atoms with E-state index in [9.17, 15) is 44.3 Å². The molecular weight excluding hydrogens is 462 g/mol. The van der Waals surface area contributed by atoms with Crippen molar-refractivity contribution in [3.8, 4) is 24.7 Å². The summed E-state index contributed by atoms with van der Waals surface area (Å²) in [7, 11) is -10.6. The number of hydrogen-bond acceptors (Lipinski definition) is 7. The van der Waals surface area contributed by atoms with Crippen molar-refractivity contribution in [2.24, 2.45) is 0 Å². The van der Waals surface area contributed by atoms with E-state index in [1.807, 2.05) is 0 Å². The molecule has 0 aliphatic heterocycles. The first-order chi connectivity index (χ1) is 14.2. The predicted octanol–water partition coefficient (Wildman–Crippen LogP) is 1.42. The first-order valence-electron chi connectivity index (χ1n) is 7.53. The molecule has 9 nitrogen and oxygen atoms in total. The summed E-state index contributed by atoms with van der Waals surface area (Å²) < 4.78 is 96.8. The average Bonchev–Trinajstić information content (AvgIpc) is 2.65. The van der Waals surface area contributed by atoms with Crippen molar-refractivity contribution < 1.29 is 49.0 Å². The van der Waals surface area contributed by atoms with Gasteiger partial charge < -0.3 is 4.74 Å². The fraction of sp³-hybridized carbons (Fsp3) is 0. The minimum absolute atomic E-state index is 0.524. The Bertz CT molecular complexity index is 1320. The van der Waals surface area contributed by atoms with Gasteiger partial charge in [0.25, 0.3) is 20.2 Å². The number of terminal acetylenes is 2. The Morgan fingerprint density at radius 1 is 0.774 bits per heavy atom. The summed E-state index contributed by atoms with van der Waals surface area (Å²) >= 11 is 0. The van der Waals surface area contributed by atoms with Gasteiger partial charge in [-0.05, 0) is 24.3 Å². The van der Waals surface area contributed by atoms with E-state index in [0.717, 1.165) is 0 Å². The van der Waals surface area contributed by atoms with Gasteiger partial charge >= 0.3 is 11.9 Å². The number of rotatable bonds is 4. The standard InChI is InChI=1S/C18H8F2O9S2/c1-3-9-13(19)7-5-11(15(9)30(23,24)25)17(21)29-18(22)12-6-8-14(20)10(4-2)16(12)31(26,27)28/h1-2,5-8H,(H,23,24,25)(H,26,27,28). The number of hydrogen-bond donors (Lipinski definition) is 2.